The first-order valence-corrected chi connectivity index (χ1v) is 33.6. The van der Waals surface area contributed by atoms with Gasteiger partial charge in [0.2, 0.25) is 0 Å². The van der Waals surface area contributed by atoms with Crippen LogP contribution in [0.4, 0.5) is 0 Å². The van der Waals surface area contributed by atoms with Gasteiger partial charge in [0.1, 0.15) is 13.2 Å². The van der Waals surface area contributed by atoms with E-state index < -0.39 is 6.10 Å². The Kier molecular flexibility index (Phi) is 62.6. The Morgan fingerprint density at radius 1 is 0.263 bits per heavy atom. The minimum Gasteiger partial charge on any atom is -0.462 e. The van der Waals surface area contributed by atoms with Gasteiger partial charge in [-0.25, -0.2) is 0 Å². The molecule has 0 N–H and O–H groups in total. The topological polar surface area (TPSA) is 78.9 Å². The van der Waals surface area contributed by atoms with Crippen molar-refractivity contribution < 1.29 is 28.6 Å². The molecule has 0 rings (SSSR count). The maximum atomic E-state index is 12.8. The van der Waals surface area contributed by atoms with Gasteiger partial charge in [-0.15, -0.1) is 0 Å². The summed E-state index contributed by atoms with van der Waals surface area (Å²) in [6.07, 6.45) is 81.5. The molecular weight excluding hydrogens is 937 g/mol. The van der Waals surface area contributed by atoms with Crippen LogP contribution in [0.2, 0.25) is 0 Å². The van der Waals surface area contributed by atoms with E-state index in [1.165, 1.54) is 225 Å². The van der Waals surface area contributed by atoms with Gasteiger partial charge in [-0.05, 0) is 77.0 Å². The number of carbonyl (C=O) groups excluding carboxylic acids is 3. The van der Waals surface area contributed by atoms with Crippen molar-refractivity contribution in [2.45, 2.75) is 367 Å². The van der Waals surface area contributed by atoms with Gasteiger partial charge in [0.15, 0.2) is 6.10 Å². The highest BCUT2D eigenvalue weighted by atomic mass is 16.6. The number of rotatable bonds is 62. The Bertz CT molecular complexity index is 1310. The standard InChI is InChI=1S/C70H128O6/c1-4-7-10-13-16-19-22-25-26-27-28-29-30-31-32-33-34-35-36-37-38-39-40-41-42-43-44-46-48-51-54-57-60-63-69(72)75-66-67(65-74-68(71)62-59-56-53-50-47-24-21-18-15-12-9-6-3)76-70(73)64-61-58-55-52-49-45-23-20-17-14-11-8-5-2/h11,14,20,22-23,25,27-28,67H,4-10,12-13,15-19,21,24,26,29-66H2,1-3H3/b14-11-,23-20-,25-22-,28-27-. The Balaban J connectivity index is 4.05. The smallest absolute Gasteiger partial charge is 0.306 e. The predicted molar refractivity (Wildman–Crippen MR) is 330 cm³/mol. The van der Waals surface area contributed by atoms with Gasteiger partial charge in [0.05, 0.1) is 0 Å². The van der Waals surface area contributed by atoms with Crippen LogP contribution in [0, 0.1) is 0 Å². The molecule has 0 heterocycles. The molecule has 0 radical (unpaired) electrons. The number of esters is 3. The molecule has 0 amide bonds. The van der Waals surface area contributed by atoms with Crippen LogP contribution in [0.15, 0.2) is 48.6 Å². The molecule has 0 aliphatic heterocycles. The molecule has 0 saturated heterocycles. The Labute approximate surface area is 473 Å². The second-order valence-electron chi connectivity index (χ2n) is 22.7. The molecule has 0 bridgehead atoms. The highest BCUT2D eigenvalue weighted by Gasteiger charge is 2.19. The maximum absolute atomic E-state index is 12.8. The predicted octanol–water partition coefficient (Wildman–Crippen LogP) is 22.9. The molecule has 76 heavy (non-hydrogen) atoms. The lowest BCUT2D eigenvalue weighted by atomic mass is 10.0. The summed E-state index contributed by atoms with van der Waals surface area (Å²) < 4.78 is 16.9. The fourth-order valence-electron chi connectivity index (χ4n) is 9.99. The molecule has 0 spiro atoms. The van der Waals surface area contributed by atoms with E-state index in [4.69, 9.17) is 14.2 Å². The molecule has 0 fully saturated rings. The van der Waals surface area contributed by atoms with Crippen molar-refractivity contribution in [3.63, 3.8) is 0 Å². The van der Waals surface area contributed by atoms with Gasteiger partial charge >= 0.3 is 17.9 Å². The number of unbranched alkanes of at least 4 members (excludes halogenated alkanes) is 43. The molecule has 6 nitrogen and oxygen atoms in total. The number of ether oxygens (including phenoxy) is 3. The molecule has 0 aromatic carbocycles. The van der Waals surface area contributed by atoms with Crippen LogP contribution in [0.25, 0.3) is 0 Å². The third-order valence-electron chi connectivity index (χ3n) is 15.0. The molecule has 0 aromatic rings. The minimum absolute atomic E-state index is 0.0738. The fourth-order valence-corrected chi connectivity index (χ4v) is 9.99. The fraction of sp³-hybridized carbons (Fsp3) is 0.843. The van der Waals surface area contributed by atoms with Crippen LogP contribution in [-0.2, 0) is 28.6 Å². The Hall–Kier alpha value is -2.63. The van der Waals surface area contributed by atoms with Crippen molar-refractivity contribution in [2.24, 2.45) is 0 Å². The number of carbonyl (C=O) groups is 3. The van der Waals surface area contributed by atoms with Crippen molar-refractivity contribution in [3.05, 3.63) is 48.6 Å². The zero-order valence-electron chi connectivity index (χ0n) is 51.0. The summed E-state index contributed by atoms with van der Waals surface area (Å²) in [7, 11) is 0. The van der Waals surface area contributed by atoms with Crippen LogP contribution in [-0.4, -0.2) is 37.2 Å². The molecule has 0 aliphatic rings. The number of hydrogen-bond donors (Lipinski definition) is 0. The number of allylic oxidation sites excluding steroid dienone is 8. The van der Waals surface area contributed by atoms with Gasteiger partial charge in [-0.3, -0.25) is 14.4 Å². The highest BCUT2D eigenvalue weighted by molar-refractivity contribution is 5.71. The first-order valence-electron chi connectivity index (χ1n) is 33.6. The highest BCUT2D eigenvalue weighted by Crippen LogP contribution is 2.18. The summed E-state index contributed by atoms with van der Waals surface area (Å²) in [5, 5.41) is 0. The SMILES string of the molecule is CCC/C=C\C/C=C\CCCCCCCC(=O)OC(COC(=O)CCCCCCCCCCCCCC)COC(=O)CCCCCCCCCCCCCCCCCCCCCCC/C=C\C/C=C\CCCCCCC. The third kappa shape index (κ3) is 62.2. The van der Waals surface area contributed by atoms with E-state index in [1.807, 2.05) is 0 Å². The molecule has 0 aromatic heterocycles. The van der Waals surface area contributed by atoms with Crippen LogP contribution in [0.1, 0.15) is 361 Å². The normalized spacial score (nSPS) is 12.3. The monoisotopic (exact) mass is 1060 g/mol. The average Bonchev–Trinajstić information content (AvgIpc) is 3.42. The largest absolute Gasteiger partial charge is 0.462 e. The zero-order chi connectivity index (χ0) is 55.0. The van der Waals surface area contributed by atoms with Gasteiger partial charge in [-0.2, -0.15) is 0 Å². The van der Waals surface area contributed by atoms with Gasteiger partial charge in [0, 0.05) is 19.3 Å². The molecule has 6 heteroatoms. The zero-order valence-corrected chi connectivity index (χ0v) is 51.0. The molecule has 0 aliphatic carbocycles. The maximum Gasteiger partial charge on any atom is 0.306 e. The van der Waals surface area contributed by atoms with E-state index in [0.29, 0.717) is 19.3 Å². The van der Waals surface area contributed by atoms with E-state index in [1.54, 1.807) is 0 Å². The van der Waals surface area contributed by atoms with Crippen LogP contribution >= 0.6 is 0 Å². The lowest BCUT2D eigenvalue weighted by molar-refractivity contribution is -0.167. The molecular formula is C70H128O6. The molecule has 444 valence electrons. The second kappa shape index (κ2) is 64.9. The van der Waals surface area contributed by atoms with E-state index in [0.717, 1.165) is 96.3 Å². The summed E-state index contributed by atoms with van der Waals surface area (Å²) in [6, 6.07) is 0. The summed E-state index contributed by atoms with van der Waals surface area (Å²) in [5.41, 5.74) is 0. The van der Waals surface area contributed by atoms with Gasteiger partial charge in [-0.1, -0.05) is 313 Å². The third-order valence-corrected chi connectivity index (χ3v) is 15.0. The minimum atomic E-state index is -0.776. The van der Waals surface area contributed by atoms with Crippen LogP contribution in [0.5, 0.6) is 0 Å². The van der Waals surface area contributed by atoms with Gasteiger partial charge < -0.3 is 14.2 Å². The van der Waals surface area contributed by atoms with E-state index in [-0.39, 0.29) is 31.1 Å². The quantitative estimate of drug-likeness (QED) is 0.0261. The van der Waals surface area contributed by atoms with Gasteiger partial charge in [0.25, 0.3) is 0 Å². The molecule has 0 saturated carbocycles. The van der Waals surface area contributed by atoms with Crippen molar-refractivity contribution >= 4 is 17.9 Å². The van der Waals surface area contributed by atoms with Crippen molar-refractivity contribution in [2.75, 3.05) is 13.2 Å². The van der Waals surface area contributed by atoms with Crippen molar-refractivity contribution in [3.8, 4) is 0 Å². The summed E-state index contributed by atoms with van der Waals surface area (Å²) >= 11 is 0. The van der Waals surface area contributed by atoms with Crippen molar-refractivity contribution in [1.82, 2.24) is 0 Å². The van der Waals surface area contributed by atoms with Crippen LogP contribution in [0.3, 0.4) is 0 Å². The molecule has 1 atom stereocenters. The summed E-state index contributed by atoms with van der Waals surface area (Å²) in [6.45, 7) is 6.60. The summed E-state index contributed by atoms with van der Waals surface area (Å²) in [4.78, 5) is 38.2. The van der Waals surface area contributed by atoms with E-state index in [9.17, 15) is 14.4 Å². The van der Waals surface area contributed by atoms with Crippen molar-refractivity contribution in [1.29, 1.82) is 0 Å². The number of hydrogen-bond acceptors (Lipinski definition) is 6. The first kappa shape index (κ1) is 73.4. The van der Waals surface area contributed by atoms with E-state index in [2.05, 4.69) is 69.4 Å². The Morgan fingerprint density at radius 3 is 0.776 bits per heavy atom. The molecule has 1 unspecified atom stereocenters. The van der Waals surface area contributed by atoms with Crippen LogP contribution < -0.4 is 0 Å². The second-order valence-corrected chi connectivity index (χ2v) is 22.7. The average molecular weight is 1070 g/mol. The lowest BCUT2D eigenvalue weighted by Gasteiger charge is -2.18. The summed E-state index contributed by atoms with van der Waals surface area (Å²) in [5.74, 6) is -0.868. The Morgan fingerprint density at radius 2 is 0.500 bits per heavy atom. The van der Waals surface area contributed by atoms with E-state index >= 15 is 0 Å². The lowest BCUT2D eigenvalue weighted by Crippen LogP contribution is -2.30. The first-order chi connectivity index (χ1) is 37.5.